The summed E-state index contributed by atoms with van der Waals surface area (Å²) < 4.78 is 34.9. The molecule has 1 aliphatic rings. The highest BCUT2D eigenvalue weighted by Crippen LogP contribution is 2.27. The van der Waals surface area contributed by atoms with Crippen LogP contribution in [0.15, 0.2) is 30.3 Å². The Kier molecular flexibility index (Phi) is 12.8. The van der Waals surface area contributed by atoms with Gasteiger partial charge in [-0.1, -0.05) is 58.0 Å². The van der Waals surface area contributed by atoms with Crippen LogP contribution in [0, 0.1) is 11.8 Å². The molecule has 4 N–H and O–H groups in total. The number of alkyl halides is 2. The predicted molar refractivity (Wildman–Crippen MR) is 149 cm³/mol. The highest BCUT2D eigenvalue weighted by molar-refractivity contribution is 5.97. The van der Waals surface area contributed by atoms with Crippen LogP contribution in [-0.2, 0) is 35.3 Å². The second kappa shape index (κ2) is 15.6. The Bertz CT molecular complexity index is 1100. The number of hydrogen-bond acceptors (Lipinski definition) is 7. The van der Waals surface area contributed by atoms with Crippen LogP contribution in [0.1, 0.15) is 59.4 Å². The van der Waals surface area contributed by atoms with Crippen LogP contribution in [0.3, 0.4) is 0 Å². The quantitative estimate of drug-likeness (QED) is 0.188. The first-order valence-electron chi connectivity index (χ1n) is 14.1. The summed E-state index contributed by atoms with van der Waals surface area (Å²) in [7, 11) is 0. The Morgan fingerprint density at radius 2 is 1.69 bits per heavy atom. The van der Waals surface area contributed by atoms with Crippen molar-refractivity contribution in [2.24, 2.45) is 11.8 Å². The number of amides is 4. The van der Waals surface area contributed by atoms with Crippen molar-refractivity contribution in [3.63, 3.8) is 0 Å². The second-order valence-electron chi connectivity index (χ2n) is 11.0. The van der Waals surface area contributed by atoms with Crippen LogP contribution in [0.25, 0.3) is 0 Å². The SMILES string of the molecule is CCOC(=O)CC(=O)N[C@H](C(=O)N1CCCC1C(=O)N[C@@H](C(C)C)C(O)C(F)(F)C(=O)NCc1ccccc1)C(C)C. The molecule has 1 aliphatic heterocycles. The number of ether oxygens (including phenoxy) is 1. The molecular weight excluding hydrogens is 554 g/mol. The average Bonchev–Trinajstić information content (AvgIpc) is 3.43. The number of likely N-dealkylation sites (tertiary alicyclic amines) is 1. The third-order valence-electron chi connectivity index (χ3n) is 7.04. The van der Waals surface area contributed by atoms with E-state index in [9.17, 15) is 29.1 Å². The molecule has 0 radical (unpaired) electrons. The van der Waals surface area contributed by atoms with Gasteiger partial charge in [0.25, 0.3) is 5.91 Å². The lowest BCUT2D eigenvalue weighted by atomic mass is 9.93. The molecular formula is C29H42F2N4O7. The van der Waals surface area contributed by atoms with E-state index in [0.29, 0.717) is 12.0 Å². The van der Waals surface area contributed by atoms with Gasteiger partial charge in [0.2, 0.25) is 17.7 Å². The first-order valence-corrected chi connectivity index (χ1v) is 14.1. The fourth-order valence-electron chi connectivity index (χ4n) is 4.69. The van der Waals surface area contributed by atoms with E-state index in [1.54, 1.807) is 51.1 Å². The van der Waals surface area contributed by atoms with Gasteiger partial charge in [-0.25, -0.2) is 0 Å². The predicted octanol–water partition coefficient (Wildman–Crippen LogP) is 1.52. The summed E-state index contributed by atoms with van der Waals surface area (Å²) in [6, 6.07) is 4.81. The number of nitrogens with zero attached hydrogens (tertiary/aromatic N) is 1. The number of rotatable bonds is 14. The van der Waals surface area contributed by atoms with Gasteiger partial charge in [0.05, 0.1) is 12.6 Å². The van der Waals surface area contributed by atoms with Crippen molar-refractivity contribution in [2.75, 3.05) is 13.2 Å². The van der Waals surface area contributed by atoms with Crippen LogP contribution in [0.4, 0.5) is 8.78 Å². The van der Waals surface area contributed by atoms with E-state index in [1.807, 2.05) is 0 Å². The highest BCUT2D eigenvalue weighted by atomic mass is 19.3. The van der Waals surface area contributed by atoms with Gasteiger partial charge in [-0.05, 0) is 37.2 Å². The molecule has 0 aliphatic carbocycles. The topological polar surface area (TPSA) is 154 Å². The maximum absolute atomic E-state index is 15.1. The molecule has 2 rings (SSSR count). The van der Waals surface area contributed by atoms with E-state index in [4.69, 9.17) is 4.74 Å². The second-order valence-corrected chi connectivity index (χ2v) is 11.0. The lowest BCUT2D eigenvalue weighted by Gasteiger charge is -2.34. The van der Waals surface area contributed by atoms with Gasteiger partial charge < -0.3 is 30.7 Å². The number of carbonyl (C=O) groups excluding carboxylic acids is 5. The molecule has 4 atom stereocenters. The number of nitrogens with one attached hydrogen (secondary N) is 3. The molecule has 1 saturated heterocycles. The zero-order valence-electron chi connectivity index (χ0n) is 24.7. The van der Waals surface area contributed by atoms with Crippen LogP contribution in [-0.4, -0.2) is 82.9 Å². The molecule has 13 heteroatoms. The summed E-state index contributed by atoms with van der Waals surface area (Å²) >= 11 is 0. The Labute approximate surface area is 244 Å². The molecule has 1 heterocycles. The average molecular weight is 597 g/mol. The standard InChI is InChI=1S/C29H42F2N4O7/c1-6-42-22(37)15-21(36)33-24(18(4)5)27(40)35-14-10-13-20(35)26(39)34-23(17(2)3)25(38)29(30,31)28(41)32-16-19-11-8-7-9-12-19/h7-9,11-12,17-18,20,23-25,38H,6,10,13-16H2,1-5H3,(H,32,41)(H,33,36)(H,34,39)/t20?,23-,24-,25?/m0/s1. The molecule has 11 nitrogen and oxygen atoms in total. The van der Waals surface area contributed by atoms with Crippen LogP contribution in [0.2, 0.25) is 0 Å². The molecule has 0 saturated carbocycles. The number of halogens is 2. The Hall–Kier alpha value is -3.61. The Balaban J connectivity index is 2.12. The first-order chi connectivity index (χ1) is 19.7. The van der Waals surface area contributed by atoms with Gasteiger partial charge in [-0.3, -0.25) is 24.0 Å². The molecule has 2 unspecified atom stereocenters. The van der Waals surface area contributed by atoms with Crippen LogP contribution < -0.4 is 16.0 Å². The Morgan fingerprint density at radius 3 is 2.26 bits per heavy atom. The van der Waals surface area contributed by atoms with Crippen molar-refractivity contribution in [3.8, 4) is 0 Å². The van der Waals surface area contributed by atoms with E-state index in [2.05, 4.69) is 16.0 Å². The van der Waals surface area contributed by atoms with Gasteiger partial charge in [-0.2, -0.15) is 8.78 Å². The van der Waals surface area contributed by atoms with Gasteiger partial charge in [0.1, 0.15) is 24.6 Å². The minimum absolute atomic E-state index is 0.0968. The number of carbonyl (C=O) groups is 5. The van der Waals surface area contributed by atoms with E-state index >= 15 is 8.78 Å². The fourth-order valence-corrected chi connectivity index (χ4v) is 4.69. The van der Waals surface area contributed by atoms with E-state index < -0.39 is 78.0 Å². The summed E-state index contributed by atoms with van der Waals surface area (Å²) in [6.07, 6.45) is -2.45. The lowest BCUT2D eigenvalue weighted by Crippen LogP contribution is -2.61. The van der Waals surface area contributed by atoms with Gasteiger partial charge in [0.15, 0.2) is 0 Å². The fraction of sp³-hybridized carbons (Fsp3) is 0.621. The summed E-state index contributed by atoms with van der Waals surface area (Å²) in [4.78, 5) is 64.4. The zero-order valence-corrected chi connectivity index (χ0v) is 24.7. The monoisotopic (exact) mass is 596 g/mol. The number of aliphatic hydroxyl groups excluding tert-OH is 1. The Morgan fingerprint density at radius 1 is 1.05 bits per heavy atom. The number of aliphatic hydroxyl groups is 1. The third-order valence-corrected chi connectivity index (χ3v) is 7.04. The third kappa shape index (κ3) is 9.20. The number of esters is 1. The number of hydrogen-bond donors (Lipinski definition) is 4. The molecule has 4 amide bonds. The van der Waals surface area contributed by atoms with Gasteiger partial charge >= 0.3 is 11.9 Å². The van der Waals surface area contributed by atoms with Crippen LogP contribution >= 0.6 is 0 Å². The van der Waals surface area contributed by atoms with Crippen molar-refractivity contribution in [3.05, 3.63) is 35.9 Å². The molecule has 1 aromatic rings. The van der Waals surface area contributed by atoms with Crippen molar-refractivity contribution in [1.29, 1.82) is 0 Å². The van der Waals surface area contributed by atoms with Crippen molar-refractivity contribution < 1.29 is 42.6 Å². The zero-order chi connectivity index (χ0) is 31.6. The van der Waals surface area contributed by atoms with Crippen LogP contribution in [0.5, 0.6) is 0 Å². The molecule has 1 aromatic carbocycles. The molecule has 0 aromatic heterocycles. The minimum Gasteiger partial charge on any atom is -0.466 e. The maximum atomic E-state index is 15.1. The van der Waals surface area contributed by atoms with Crippen molar-refractivity contribution >= 4 is 29.6 Å². The van der Waals surface area contributed by atoms with Crippen molar-refractivity contribution in [1.82, 2.24) is 20.9 Å². The van der Waals surface area contributed by atoms with Gasteiger partial charge in [0, 0.05) is 13.1 Å². The molecule has 1 fully saturated rings. The smallest absolute Gasteiger partial charge is 0.351 e. The van der Waals surface area contributed by atoms with E-state index in [0.717, 1.165) is 0 Å². The summed E-state index contributed by atoms with van der Waals surface area (Å²) in [5.41, 5.74) is 0.590. The molecule has 0 bridgehead atoms. The normalized spacial score (nSPS) is 17.4. The van der Waals surface area contributed by atoms with Gasteiger partial charge in [-0.15, -0.1) is 0 Å². The maximum Gasteiger partial charge on any atom is 0.351 e. The molecule has 0 spiro atoms. The minimum atomic E-state index is -4.23. The molecule has 234 valence electrons. The molecule has 42 heavy (non-hydrogen) atoms. The largest absolute Gasteiger partial charge is 0.466 e. The summed E-state index contributed by atoms with van der Waals surface area (Å²) in [5.74, 6) is -9.79. The van der Waals surface area contributed by atoms with Crippen molar-refractivity contribution in [2.45, 2.75) is 90.6 Å². The van der Waals surface area contributed by atoms with E-state index in [-0.39, 0.29) is 26.1 Å². The van der Waals surface area contributed by atoms with E-state index in [1.165, 1.54) is 18.7 Å². The number of benzene rings is 1. The first kappa shape index (κ1) is 34.6. The summed E-state index contributed by atoms with van der Waals surface area (Å²) in [6.45, 7) is 8.10. The highest BCUT2D eigenvalue weighted by Gasteiger charge is 2.51. The lowest BCUT2D eigenvalue weighted by molar-refractivity contribution is -0.170. The summed E-state index contributed by atoms with van der Waals surface area (Å²) in [5, 5.41) is 17.7.